The van der Waals surface area contributed by atoms with E-state index in [0.717, 1.165) is 43.9 Å². The van der Waals surface area contributed by atoms with E-state index >= 15 is 0 Å². The lowest BCUT2D eigenvalue weighted by molar-refractivity contribution is -0.123. The lowest BCUT2D eigenvalue weighted by Crippen LogP contribution is -2.43. The quantitative estimate of drug-likeness (QED) is 0.648. The Kier molecular flexibility index (Phi) is 7.82. The summed E-state index contributed by atoms with van der Waals surface area (Å²) in [5, 5.41) is 2.87. The number of piperazine rings is 1. The van der Waals surface area contributed by atoms with Crippen LogP contribution in [0.5, 0.6) is 5.75 Å². The van der Waals surface area contributed by atoms with Gasteiger partial charge in [-0.15, -0.1) is 0 Å². The zero-order chi connectivity index (χ0) is 21.3. The molecule has 0 aromatic heterocycles. The third kappa shape index (κ3) is 7.17. The van der Waals surface area contributed by atoms with E-state index in [9.17, 15) is 9.59 Å². The van der Waals surface area contributed by atoms with Gasteiger partial charge in [-0.1, -0.05) is 36.4 Å². The lowest BCUT2D eigenvalue weighted by atomic mass is 10.1. The summed E-state index contributed by atoms with van der Waals surface area (Å²) in [5.41, 5.74) is 8.33. The zero-order valence-electron chi connectivity index (χ0n) is 17.5. The van der Waals surface area contributed by atoms with Crippen molar-refractivity contribution in [1.82, 2.24) is 15.1 Å². The van der Waals surface area contributed by atoms with Crippen LogP contribution in [-0.2, 0) is 29.1 Å². The maximum Gasteiger partial charge on any atom is 0.258 e. The summed E-state index contributed by atoms with van der Waals surface area (Å²) in [7, 11) is 2.16. The van der Waals surface area contributed by atoms with Gasteiger partial charge in [-0.2, -0.15) is 0 Å². The maximum absolute atomic E-state index is 12.1. The van der Waals surface area contributed by atoms with Crippen molar-refractivity contribution in [2.75, 3.05) is 39.8 Å². The van der Waals surface area contributed by atoms with Gasteiger partial charge in [0.15, 0.2) is 6.61 Å². The van der Waals surface area contributed by atoms with Crippen LogP contribution >= 0.6 is 0 Å². The van der Waals surface area contributed by atoms with Crippen molar-refractivity contribution >= 4 is 11.8 Å². The molecule has 7 heteroatoms. The molecule has 0 atom stereocenters. The molecule has 30 heavy (non-hydrogen) atoms. The van der Waals surface area contributed by atoms with Crippen molar-refractivity contribution in [3.05, 3.63) is 65.2 Å². The Labute approximate surface area is 177 Å². The SMILES string of the molecule is CN1CCN(Cc2ccc(CNC(=O)COc3ccc(CC(N)=O)cc3)cc2)CC1. The van der Waals surface area contributed by atoms with Crippen LogP contribution in [-0.4, -0.2) is 61.4 Å². The topological polar surface area (TPSA) is 87.9 Å². The Hall–Kier alpha value is -2.90. The number of nitrogens with two attached hydrogens (primary N) is 1. The van der Waals surface area contributed by atoms with Crippen molar-refractivity contribution in [3.8, 4) is 5.75 Å². The number of ether oxygens (including phenoxy) is 1. The van der Waals surface area contributed by atoms with Crippen molar-refractivity contribution in [1.29, 1.82) is 0 Å². The van der Waals surface area contributed by atoms with E-state index in [2.05, 4.69) is 46.4 Å². The summed E-state index contributed by atoms with van der Waals surface area (Å²) in [6.07, 6.45) is 0.189. The molecule has 0 radical (unpaired) electrons. The van der Waals surface area contributed by atoms with Crippen molar-refractivity contribution in [3.63, 3.8) is 0 Å². The largest absolute Gasteiger partial charge is 0.484 e. The number of hydrogen-bond donors (Lipinski definition) is 2. The normalized spacial score (nSPS) is 15.0. The van der Waals surface area contributed by atoms with Gasteiger partial charge in [0, 0.05) is 39.3 Å². The van der Waals surface area contributed by atoms with E-state index in [1.165, 1.54) is 5.56 Å². The maximum atomic E-state index is 12.1. The molecule has 2 aromatic rings. The molecule has 2 aromatic carbocycles. The van der Waals surface area contributed by atoms with Gasteiger partial charge in [-0.05, 0) is 35.9 Å². The second-order valence-electron chi connectivity index (χ2n) is 7.75. The highest BCUT2D eigenvalue weighted by atomic mass is 16.5. The molecule has 2 amide bonds. The molecule has 7 nitrogen and oxygen atoms in total. The molecule has 3 rings (SSSR count). The molecular weight excluding hydrogens is 380 g/mol. The minimum Gasteiger partial charge on any atom is -0.484 e. The molecule has 1 aliphatic rings. The predicted octanol–water partition coefficient (Wildman–Crippen LogP) is 1.16. The number of carbonyl (C=O) groups is 2. The van der Waals surface area contributed by atoms with E-state index < -0.39 is 0 Å². The molecule has 1 saturated heterocycles. The third-order valence-electron chi connectivity index (χ3n) is 5.19. The number of nitrogens with one attached hydrogen (secondary N) is 1. The lowest BCUT2D eigenvalue weighted by Gasteiger charge is -2.32. The summed E-state index contributed by atoms with van der Waals surface area (Å²) in [5.74, 6) is 0.0137. The van der Waals surface area contributed by atoms with Crippen LogP contribution in [0.15, 0.2) is 48.5 Å². The molecule has 1 aliphatic heterocycles. The first-order chi connectivity index (χ1) is 14.5. The van der Waals surface area contributed by atoms with Crippen LogP contribution in [0.25, 0.3) is 0 Å². The first kappa shape index (κ1) is 21.8. The van der Waals surface area contributed by atoms with Crippen LogP contribution in [0, 0.1) is 0 Å². The van der Waals surface area contributed by atoms with Crippen LogP contribution in [0.3, 0.4) is 0 Å². The average molecular weight is 411 g/mol. The average Bonchev–Trinajstić information content (AvgIpc) is 2.74. The van der Waals surface area contributed by atoms with Gasteiger partial charge < -0.3 is 20.7 Å². The molecule has 0 spiro atoms. The van der Waals surface area contributed by atoms with Crippen molar-refractivity contribution in [2.45, 2.75) is 19.5 Å². The summed E-state index contributed by atoms with van der Waals surface area (Å²) in [4.78, 5) is 27.8. The molecule has 3 N–H and O–H groups in total. The highest BCUT2D eigenvalue weighted by Gasteiger charge is 2.13. The number of rotatable bonds is 9. The van der Waals surface area contributed by atoms with Crippen LogP contribution in [0.4, 0.5) is 0 Å². The number of likely N-dealkylation sites (N-methyl/N-ethyl adjacent to an activating group) is 1. The predicted molar refractivity (Wildman–Crippen MR) is 116 cm³/mol. The van der Waals surface area contributed by atoms with Gasteiger partial charge in [-0.3, -0.25) is 14.5 Å². The fourth-order valence-electron chi connectivity index (χ4n) is 3.33. The number of primary amides is 1. The van der Waals surface area contributed by atoms with E-state index in [1.807, 2.05) is 0 Å². The van der Waals surface area contributed by atoms with E-state index in [0.29, 0.717) is 12.3 Å². The molecule has 0 aliphatic carbocycles. The molecule has 1 heterocycles. The number of nitrogens with zero attached hydrogens (tertiary/aromatic N) is 2. The first-order valence-corrected chi connectivity index (χ1v) is 10.2. The summed E-state index contributed by atoms with van der Waals surface area (Å²) >= 11 is 0. The number of carbonyl (C=O) groups excluding carboxylic acids is 2. The Balaban J connectivity index is 1.37. The molecule has 1 fully saturated rings. The second kappa shape index (κ2) is 10.8. The first-order valence-electron chi connectivity index (χ1n) is 10.2. The van der Waals surface area contributed by atoms with Crippen LogP contribution in [0.2, 0.25) is 0 Å². The van der Waals surface area contributed by atoms with Gasteiger partial charge >= 0.3 is 0 Å². The Morgan fingerprint density at radius 2 is 1.53 bits per heavy atom. The van der Waals surface area contributed by atoms with Gasteiger partial charge in [0.25, 0.3) is 5.91 Å². The summed E-state index contributed by atoms with van der Waals surface area (Å²) < 4.78 is 5.49. The van der Waals surface area contributed by atoms with E-state index in [4.69, 9.17) is 10.5 Å². The minimum atomic E-state index is -0.379. The van der Waals surface area contributed by atoms with Gasteiger partial charge in [0.1, 0.15) is 5.75 Å². The fourth-order valence-corrected chi connectivity index (χ4v) is 3.33. The number of hydrogen-bond acceptors (Lipinski definition) is 5. The fraction of sp³-hybridized carbons (Fsp3) is 0.391. The van der Waals surface area contributed by atoms with E-state index in [-0.39, 0.29) is 24.8 Å². The van der Waals surface area contributed by atoms with Gasteiger partial charge in [0.05, 0.1) is 6.42 Å². The highest BCUT2D eigenvalue weighted by Crippen LogP contribution is 2.13. The van der Waals surface area contributed by atoms with Gasteiger partial charge in [-0.25, -0.2) is 0 Å². The minimum absolute atomic E-state index is 0.0589. The van der Waals surface area contributed by atoms with Gasteiger partial charge in [0.2, 0.25) is 5.91 Å². The third-order valence-corrected chi connectivity index (χ3v) is 5.19. The van der Waals surface area contributed by atoms with Crippen LogP contribution < -0.4 is 15.8 Å². The number of amides is 2. The molecule has 0 bridgehead atoms. The monoisotopic (exact) mass is 410 g/mol. The Morgan fingerprint density at radius 3 is 2.17 bits per heavy atom. The molecule has 160 valence electrons. The Morgan fingerprint density at radius 1 is 0.933 bits per heavy atom. The summed E-state index contributed by atoms with van der Waals surface area (Å²) in [6, 6.07) is 15.4. The second-order valence-corrected chi connectivity index (χ2v) is 7.75. The summed E-state index contributed by atoms with van der Waals surface area (Å²) in [6.45, 7) is 5.80. The van der Waals surface area contributed by atoms with Crippen molar-refractivity contribution < 1.29 is 14.3 Å². The van der Waals surface area contributed by atoms with E-state index in [1.54, 1.807) is 24.3 Å². The molecule has 0 saturated carbocycles. The highest BCUT2D eigenvalue weighted by molar-refractivity contribution is 5.77. The number of benzene rings is 2. The molecular formula is C23H30N4O3. The van der Waals surface area contributed by atoms with Crippen molar-refractivity contribution in [2.24, 2.45) is 5.73 Å². The van der Waals surface area contributed by atoms with Crippen LogP contribution in [0.1, 0.15) is 16.7 Å². The zero-order valence-corrected chi connectivity index (χ0v) is 17.5. The smallest absolute Gasteiger partial charge is 0.258 e. The Bertz CT molecular complexity index is 829. The molecule has 0 unspecified atom stereocenters. The standard InChI is InChI=1S/C23H30N4O3/c1-26-10-12-27(13-11-26)16-20-4-2-19(3-5-20)15-25-23(29)17-30-21-8-6-18(7-9-21)14-22(24)28/h2-9H,10-17H2,1H3,(H2,24,28)(H,25,29).